The Bertz CT molecular complexity index is 588. The molecule has 1 aliphatic heterocycles. The van der Waals surface area contributed by atoms with Crippen LogP contribution in [0.3, 0.4) is 0 Å². The van der Waals surface area contributed by atoms with E-state index in [9.17, 15) is 14.4 Å². The van der Waals surface area contributed by atoms with Crippen LogP contribution in [0.4, 0.5) is 11.4 Å². The van der Waals surface area contributed by atoms with Crippen LogP contribution in [0.25, 0.3) is 0 Å². The molecule has 2 rings (SSSR count). The third-order valence-corrected chi connectivity index (χ3v) is 3.48. The molecule has 1 saturated heterocycles. The molecule has 0 saturated carbocycles. The molecule has 0 aromatic heterocycles. The second-order valence-electron chi connectivity index (χ2n) is 6.55. The molecule has 1 amide bonds. The number of nitrogens with zero attached hydrogens (tertiary/aromatic N) is 1. The van der Waals surface area contributed by atoms with Crippen LogP contribution >= 0.6 is 0 Å². The number of nitrogens with one attached hydrogen (secondary N) is 2. The lowest BCUT2D eigenvalue weighted by Gasteiger charge is -2.23. The number of rotatable bonds is 5. The molecule has 0 radical (unpaired) electrons. The van der Waals surface area contributed by atoms with Gasteiger partial charge in [-0.1, -0.05) is 0 Å². The smallest absolute Gasteiger partial charge is 0.253 e. The van der Waals surface area contributed by atoms with Gasteiger partial charge >= 0.3 is 0 Å². The zero-order chi connectivity index (χ0) is 15.6. The van der Waals surface area contributed by atoms with Gasteiger partial charge < -0.3 is 15.5 Å². The molecule has 0 bridgehead atoms. The van der Waals surface area contributed by atoms with Gasteiger partial charge in [0.1, 0.15) is 11.4 Å². The van der Waals surface area contributed by atoms with Gasteiger partial charge in [-0.05, 0) is 33.6 Å². The van der Waals surface area contributed by atoms with Crippen LogP contribution in [0, 0.1) is 0 Å². The molecule has 0 aliphatic carbocycles. The van der Waals surface area contributed by atoms with E-state index in [2.05, 4.69) is 10.6 Å². The first-order valence-electron chi connectivity index (χ1n) is 7.43. The van der Waals surface area contributed by atoms with E-state index in [1.165, 1.54) is 0 Å². The van der Waals surface area contributed by atoms with Crippen molar-refractivity contribution in [3.8, 4) is 0 Å². The summed E-state index contributed by atoms with van der Waals surface area (Å²) in [5.41, 5.74) is -0.245. The maximum atomic E-state index is 11.7. The van der Waals surface area contributed by atoms with Gasteiger partial charge in [0.05, 0.1) is 0 Å². The Labute approximate surface area is 124 Å². The minimum absolute atomic E-state index is 0.0728. The third kappa shape index (κ3) is 3.62. The Kier molecular flexibility index (Phi) is 4.34. The fraction of sp³-hybridized carbons (Fsp3) is 0.667. The van der Waals surface area contributed by atoms with E-state index in [4.69, 9.17) is 0 Å². The van der Waals surface area contributed by atoms with E-state index >= 15 is 0 Å². The van der Waals surface area contributed by atoms with Gasteiger partial charge in [-0.15, -0.1) is 0 Å². The molecule has 1 aromatic rings. The van der Waals surface area contributed by atoms with E-state index in [1.54, 1.807) is 0 Å². The largest absolute Gasteiger partial charge is 0.379 e. The van der Waals surface area contributed by atoms with Gasteiger partial charge in [0.2, 0.25) is 5.91 Å². The van der Waals surface area contributed by atoms with Gasteiger partial charge in [0.25, 0.3) is 10.9 Å². The van der Waals surface area contributed by atoms with Crippen LogP contribution in [-0.4, -0.2) is 31.1 Å². The average Bonchev–Trinajstić information content (AvgIpc) is 2.88. The zero-order valence-corrected chi connectivity index (χ0v) is 12.9. The highest BCUT2D eigenvalue weighted by molar-refractivity contribution is 5.79. The van der Waals surface area contributed by atoms with Gasteiger partial charge in [-0.3, -0.25) is 14.4 Å². The van der Waals surface area contributed by atoms with Crippen LogP contribution < -0.4 is 26.4 Å². The number of hydrogen-bond acceptors (Lipinski definition) is 5. The Morgan fingerprint density at radius 2 is 1.76 bits per heavy atom. The third-order valence-electron chi connectivity index (χ3n) is 3.48. The van der Waals surface area contributed by atoms with E-state index in [0.29, 0.717) is 17.9 Å². The van der Waals surface area contributed by atoms with Gasteiger partial charge in [-0.25, -0.2) is 0 Å². The molecule has 21 heavy (non-hydrogen) atoms. The van der Waals surface area contributed by atoms with E-state index in [1.807, 2.05) is 25.7 Å². The maximum Gasteiger partial charge on any atom is 0.253 e. The van der Waals surface area contributed by atoms with E-state index in [-0.39, 0.29) is 17.9 Å². The topological polar surface area (TPSA) is 78.5 Å². The van der Waals surface area contributed by atoms with Gasteiger partial charge in [-0.2, -0.15) is 0 Å². The lowest BCUT2D eigenvalue weighted by atomic mass is 10.1. The highest BCUT2D eigenvalue weighted by Crippen LogP contribution is 2.23. The van der Waals surface area contributed by atoms with Gasteiger partial charge in [0, 0.05) is 31.6 Å². The molecule has 1 fully saturated rings. The summed E-state index contributed by atoms with van der Waals surface area (Å²) in [6.45, 7) is 7.75. The molecule has 6 nitrogen and oxygen atoms in total. The Balaban J connectivity index is 1.90. The monoisotopic (exact) mass is 293 g/mol. The van der Waals surface area contributed by atoms with Crippen molar-refractivity contribution in [2.75, 3.05) is 29.9 Å². The molecule has 116 valence electrons. The van der Waals surface area contributed by atoms with Crippen LogP contribution in [0.2, 0.25) is 0 Å². The standard InChI is InChI=1S/C15H23N3O3/c1-15(2,3)17-10(19)6-7-16-11-12(14(21)13(11)20)18-8-4-5-9-18/h16H,4-9H2,1-3H3,(H,17,19). The predicted octanol–water partition coefficient (Wildman–Crippen LogP) is 0.600. The van der Waals surface area contributed by atoms with Crippen LogP contribution in [0.15, 0.2) is 9.59 Å². The molecule has 1 aliphatic rings. The second-order valence-corrected chi connectivity index (χ2v) is 6.55. The molecular formula is C15H23N3O3. The first-order valence-corrected chi connectivity index (χ1v) is 7.43. The number of amides is 1. The summed E-state index contributed by atoms with van der Waals surface area (Å²) in [5.74, 6) is -0.0728. The Morgan fingerprint density at radius 1 is 1.14 bits per heavy atom. The normalized spacial score (nSPS) is 15.5. The number of carbonyl (C=O) groups is 1. The fourth-order valence-corrected chi connectivity index (χ4v) is 2.57. The maximum absolute atomic E-state index is 11.7. The first kappa shape index (κ1) is 15.5. The average molecular weight is 293 g/mol. The van der Waals surface area contributed by atoms with Crippen molar-refractivity contribution in [3.63, 3.8) is 0 Å². The Hall–Kier alpha value is -1.85. The first-order chi connectivity index (χ1) is 9.79. The summed E-state index contributed by atoms with van der Waals surface area (Å²) in [6, 6.07) is 0. The molecular weight excluding hydrogens is 270 g/mol. The molecule has 1 aromatic carbocycles. The lowest BCUT2D eigenvalue weighted by Crippen LogP contribution is -2.43. The van der Waals surface area contributed by atoms with Crippen molar-refractivity contribution in [1.82, 2.24) is 5.32 Å². The summed E-state index contributed by atoms with van der Waals surface area (Å²) < 4.78 is 0. The van der Waals surface area contributed by atoms with Crippen molar-refractivity contribution in [2.24, 2.45) is 0 Å². The molecule has 2 N–H and O–H groups in total. The molecule has 0 spiro atoms. The summed E-state index contributed by atoms with van der Waals surface area (Å²) in [4.78, 5) is 37.0. The van der Waals surface area contributed by atoms with Crippen LogP contribution in [0.5, 0.6) is 0 Å². The van der Waals surface area contributed by atoms with Gasteiger partial charge in [0.15, 0.2) is 0 Å². The lowest BCUT2D eigenvalue weighted by molar-refractivity contribution is -0.122. The minimum Gasteiger partial charge on any atom is -0.379 e. The summed E-state index contributed by atoms with van der Waals surface area (Å²) >= 11 is 0. The summed E-state index contributed by atoms with van der Waals surface area (Å²) in [6.07, 6.45) is 2.37. The minimum atomic E-state index is -0.465. The van der Waals surface area contributed by atoms with Crippen molar-refractivity contribution in [1.29, 1.82) is 0 Å². The van der Waals surface area contributed by atoms with Crippen LogP contribution in [0.1, 0.15) is 40.0 Å². The zero-order valence-electron chi connectivity index (χ0n) is 12.9. The number of anilines is 2. The van der Waals surface area contributed by atoms with Crippen molar-refractivity contribution < 1.29 is 4.79 Å². The van der Waals surface area contributed by atoms with Crippen molar-refractivity contribution in [3.05, 3.63) is 20.4 Å². The molecule has 0 atom stereocenters. The number of carbonyl (C=O) groups excluding carboxylic acids is 1. The van der Waals surface area contributed by atoms with Crippen LogP contribution in [-0.2, 0) is 4.79 Å². The van der Waals surface area contributed by atoms with E-state index in [0.717, 1.165) is 25.9 Å². The van der Waals surface area contributed by atoms with Crippen molar-refractivity contribution in [2.45, 2.75) is 45.6 Å². The number of hydrogen-bond donors (Lipinski definition) is 2. The summed E-state index contributed by atoms with van der Waals surface area (Å²) in [7, 11) is 0. The van der Waals surface area contributed by atoms with E-state index < -0.39 is 10.9 Å². The highest BCUT2D eigenvalue weighted by Gasteiger charge is 2.27. The molecule has 0 unspecified atom stereocenters. The summed E-state index contributed by atoms with van der Waals surface area (Å²) in [5, 5.41) is 5.81. The quantitative estimate of drug-likeness (QED) is 0.777. The SMILES string of the molecule is CC(C)(C)NC(=O)CCNc1c(N2CCCC2)c(=O)c1=O. The predicted molar refractivity (Wildman–Crippen MR) is 83.8 cm³/mol. The molecule has 6 heteroatoms. The molecule has 1 heterocycles. The van der Waals surface area contributed by atoms with Crippen molar-refractivity contribution >= 4 is 17.3 Å². The Morgan fingerprint density at radius 3 is 2.33 bits per heavy atom. The second kappa shape index (κ2) is 5.87. The fourth-order valence-electron chi connectivity index (χ4n) is 2.57. The highest BCUT2D eigenvalue weighted by atomic mass is 16.2.